The first-order chi connectivity index (χ1) is 6.81. The van der Waals surface area contributed by atoms with Gasteiger partial charge in [0.1, 0.15) is 5.69 Å². The van der Waals surface area contributed by atoms with E-state index in [0.717, 1.165) is 20.7 Å². The van der Waals surface area contributed by atoms with Crippen molar-refractivity contribution in [3.05, 3.63) is 35.0 Å². The van der Waals surface area contributed by atoms with Crippen LogP contribution in [0, 0.1) is 0 Å². The van der Waals surface area contributed by atoms with E-state index in [2.05, 4.69) is 38.0 Å². The fourth-order valence-corrected chi connectivity index (χ4v) is 2.08. The number of rotatable bonds is 2. The molecule has 0 aliphatic carbocycles. The molecule has 0 aliphatic rings. The van der Waals surface area contributed by atoms with Crippen molar-refractivity contribution in [1.82, 2.24) is 15.4 Å². The Morgan fingerprint density at radius 1 is 1.43 bits per heavy atom. The van der Waals surface area contributed by atoms with Gasteiger partial charge in [0.25, 0.3) is 0 Å². The van der Waals surface area contributed by atoms with Crippen molar-refractivity contribution >= 4 is 34.2 Å². The van der Waals surface area contributed by atoms with Gasteiger partial charge in [-0.05, 0) is 17.7 Å². The Morgan fingerprint density at radius 2 is 2.29 bits per heavy atom. The maximum atomic E-state index is 5.91. The van der Waals surface area contributed by atoms with Crippen molar-refractivity contribution in [3.63, 3.8) is 0 Å². The third kappa shape index (κ3) is 1.90. The number of aromatic amines is 1. The van der Waals surface area contributed by atoms with E-state index in [9.17, 15) is 0 Å². The van der Waals surface area contributed by atoms with Gasteiger partial charge in [-0.2, -0.15) is 15.4 Å². The first kappa shape index (κ1) is 9.92. The van der Waals surface area contributed by atoms with Gasteiger partial charge in [-0.15, -0.1) is 0 Å². The van der Waals surface area contributed by atoms with E-state index in [1.54, 1.807) is 6.20 Å². The van der Waals surface area contributed by atoms with Gasteiger partial charge in [-0.25, -0.2) is 0 Å². The largest absolute Gasteiger partial charge is 0.197 e. The Hall–Kier alpha value is -0.620. The second-order valence-corrected chi connectivity index (χ2v) is 3.99. The predicted molar refractivity (Wildman–Crippen MR) is 64.6 cm³/mol. The van der Waals surface area contributed by atoms with Gasteiger partial charge in [-0.3, -0.25) is 0 Å². The standard InChI is InChI=1S/C9H7ClIN3/c10-7-1-2-8(6(3-7)4-11)9-5-12-14-13-9/h1-3,5H,4H2,(H,12,13,14). The highest BCUT2D eigenvalue weighted by Crippen LogP contribution is 2.26. The minimum atomic E-state index is 0.754. The molecule has 0 bridgehead atoms. The number of benzene rings is 1. The molecule has 0 unspecified atom stereocenters. The SMILES string of the molecule is Clc1ccc(-c2cn[nH]n2)c(CI)c1. The summed E-state index contributed by atoms with van der Waals surface area (Å²) in [6.07, 6.45) is 1.71. The lowest BCUT2D eigenvalue weighted by Crippen LogP contribution is -1.86. The second-order valence-electron chi connectivity index (χ2n) is 2.79. The van der Waals surface area contributed by atoms with Crippen LogP contribution in [0.1, 0.15) is 5.56 Å². The molecule has 0 amide bonds. The van der Waals surface area contributed by atoms with Crippen LogP contribution in [0.25, 0.3) is 11.3 Å². The van der Waals surface area contributed by atoms with Gasteiger partial charge >= 0.3 is 0 Å². The molecular weight excluding hydrogens is 312 g/mol. The molecule has 5 heteroatoms. The fraction of sp³-hybridized carbons (Fsp3) is 0.111. The van der Waals surface area contributed by atoms with Crippen LogP contribution in [0.5, 0.6) is 0 Å². The predicted octanol–water partition coefficient (Wildman–Crippen LogP) is 3.06. The number of hydrogen-bond acceptors (Lipinski definition) is 2. The van der Waals surface area contributed by atoms with E-state index in [1.807, 2.05) is 18.2 Å². The molecule has 0 saturated carbocycles. The summed E-state index contributed by atoms with van der Waals surface area (Å²) in [5, 5.41) is 11.2. The van der Waals surface area contributed by atoms with E-state index in [4.69, 9.17) is 11.6 Å². The zero-order chi connectivity index (χ0) is 9.97. The van der Waals surface area contributed by atoms with Crippen molar-refractivity contribution < 1.29 is 0 Å². The molecule has 2 rings (SSSR count). The van der Waals surface area contributed by atoms with E-state index in [1.165, 1.54) is 5.56 Å². The van der Waals surface area contributed by atoms with E-state index >= 15 is 0 Å². The summed E-state index contributed by atoms with van der Waals surface area (Å²) >= 11 is 8.21. The Balaban J connectivity index is 2.53. The molecule has 0 atom stereocenters. The number of nitrogens with zero attached hydrogens (tertiary/aromatic N) is 2. The second kappa shape index (κ2) is 4.27. The van der Waals surface area contributed by atoms with Crippen LogP contribution in [-0.2, 0) is 4.43 Å². The lowest BCUT2D eigenvalue weighted by Gasteiger charge is -2.03. The number of aromatic nitrogens is 3. The molecule has 1 aromatic carbocycles. The van der Waals surface area contributed by atoms with Crippen LogP contribution in [0.4, 0.5) is 0 Å². The van der Waals surface area contributed by atoms with Crippen molar-refractivity contribution in [2.45, 2.75) is 4.43 Å². The van der Waals surface area contributed by atoms with Crippen LogP contribution in [-0.4, -0.2) is 15.4 Å². The van der Waals surface area contributed by atoms with E-state index in [-0.39, 0.29) is 0 Å². The summed E-state index contributed by atoms with van der Waals surface area (Å²) in [6, 6.07) is 5.79. The normalized spacial score (nSPS) is 10.4. The molecule has 1 aromatic heterocycles. The summed E-state index contributed by atoms with van der Waals surface area (Å²) in [5.41, 5.74) is 3.11. The minimum Gasteiger partial charge on any atom is -0.197 e. The van der Waals surface area contributed by atoms with Crippen molar-refractivity contribution in [3.8, 4) is 11.3 Å². The Labute approximate surface area is 100 Å². The topological polar surface area (TPSA) is 41.6 Å². The first-order valence-electron chi connectivity index (χ1n) is 4.02. The average Bonchev–Trinajstić information content (AvgIpc) is 2.70. The van der Waals surface area contributed by atoms with Crippen molar-refractivity contribution in [2.75, 3.05) is 0 Å². The summed E-state index contributed by atoms with van der Waals surface area (Å²) in [7, 11) is 0. The molecule has 72 valence electrons. The van der Waals surface area contributed by atoms with Gasteiger partial charge in [0.15, 0.2) is 0 Å². The van der Waals surface area contributed by atoms with Gasteiger partial charge in [0.05, 0.1) is 6.20 Å². The molecule has 0 aliphatic heterocycles. The lowest BCUT2D eigenvalue weighted by atomic mass is 10.1. The molecular formula is C9H7ClIN3. The quantitative estimate of drug-likeness (QED) is 0.683. The van der Waals surface area contributed by atoms with E-state index < -0.39 is 0 Å². The number of alkyl halides is 1. The van der Waals surface area contributed by atoms with Gasteiger partial charge < -0.3 is 0 Å². The highest BCUT2D eigenvalue weighted by molar-refractivity contribution is 14.1. The number of nitrogens with one attached hydrogen (secondary N) is 1. The average molecular weight is 320 g/mol. The smallest absolute Gasteiger partial charge is 0.113 e. The van der Waals surface area contributed by atoms with Crippen molar-refractivity contribution in [2.24, 2.45) is 0 Å². The molecule has 1 heterocycles. The lowest BCUT2D eigenvalue weighted by molar-refractivity contribution is 0.942. The van der Waals surface area contributed by atoms with Crippen LogP contribution in [0.2, 0.25) is 5.02 Å². The zero-order valence-electron chi connectivity index (χ0n) is 7.17. The molecule has 0 fully saturated rings. The zero-order valence-corrected chi connectivity index (χ0v) is 10.1. The third-order valence-electron chi connectivity index (χ3n) is 1.90. The van der Waals surface area contributed by atoms with Gasteiger partial charge in [0, 0.05) is 15.0 Å². The molecule has 0 radical (unpaired) electrons. The van der Waals surface area contributed by atoms with Crippen molar-refractivity contribution in [1.29, 1.82) is 0 Å². The Kier molecular flexibility index (Phi) is 3.02. The Morgan fingerprint density at radius 3 is 2.93 bits per heavy atom. The van der Waals surface area contributed by atoms with Crippen LogP contribution in [0.3, 0.4) is 0 Å². The molecule has 14 heavy (non-hydrogen) atoms. The molecule has 2 aromatic rings. The maximum Gasteiger partial charge on any atom is 0.113 e. The molecule has 0 saturated heterocycles. The van der Waals surface area contributed by atoms with Gasteiger partial charge in [-0.1, -0.05) is 40.3 Å². The molecule has 0 spiro atoms. The number of hydrogen-bond donors (Lipinski definition) is 1. The number of H-pyrrole nitrogens is 1. The Bertz CT molecular complexity index is 428. The first-order valence-corrected chi connectivity index (χ1v) is 5.92. The minimum absolute atomic E-state index is 0.754. The third-order valence-corrected chi connectivity index (χ3v) is 2.96. The highest BCUT2D eigenvalue weighted by Gasteiger charge is 2.06. The van der Waals surface area contributed by atoms with Crippen LogP contribution >= 0.6 is 34.2 Å². The molecule has 1 N–H and O–H groups in total. The highest BCUT2D eigenvalue weighted by atomic mass is 127. The summed E-state index contributed by atoms with van der Waals surface area (Å²) in [6.45, 7) is 0. The summed E-state index contributed by atoms with van der Waals surface area (Å²) < 4.78 is 0.903. The molecule has 3 nitrogen and oxygen atoms in total. The maximum absolute atomic E-state index is 5.91. The van der Waals surface area contributed by atoms with E-state index in [0.29, 0.717) is 0 Å². The summed E-state index contributed by atoms with van der Waals surface area (Å²) in [5.74, 6) is 0. The van der Waals surface area contributed by atoms with Gasteiger partial charge in [0.2, 0.25) is 0 Å². The van der Waals surface area contributed by atoms with Crippen LogP contribution in [0.15, 0.2) is 24.4 Å². The fourth-order valence-electron chi connectivity index (χ4n) is 1.25. The monoisotopic (exact) mass is 319 g/mol. The van der Waals surface area contributed by atoms with Crippen LogP contribution < -0.4 is 0 Å². The summed E-state index contributed by atoms with van der Waals surface area (Å²) in [4.78, 5) is 0. The number of halogens is 2.